The summed E-state index contributed by atoms with van der Waals surface area (Å²) in [5.74, 6) is -0.527. The summed E-state index contributed by atoms with van der Waals surface area (Å²) in [7, 11) is 0. The highest BCUT2D eigenvalue weighted by Crippen LogP contribution is 2.17. The van der Waals surface area contributed by atoms with E-state index in [1.807, 2.05) is 6.92 Å². The van der Waals surface area contributed by atoms with E-state index in [0.29, 0.717) is 31.6 Å². The molecule has 1 saturated heterocycles. The van der Waals surface area contributed by atoms with Gasteiger partial charge in [0.15, 0.2) is 0 Å². The lowest BCUT2D eigenvalue weighted by Crippen LogP contribution is -2.42. The summed E-state index contributed by atoms with van der Waals surface area (Å²) in [5, 5.41) is 0. The van der Waals surface area contributed by atoms with E-state index in [4.69, 9.17) is 5.73 Å². The fraction of sp³-hybridized carbons (Fsp3) is 0.500. The molecule has 2 N–H and O–H groups in total. The maximum Gasteiger partial charge on any atom is 0.274 e. The van der Waals surface area contributed by atoms with Gasteiger partial charge in [-0.1, -0.05) is 0 Å². The normalized spacial score (nSPS) is 16.6. The number of hydrogen-bond acceptors (Lipinski definition) is 4. The largest absolute Gasteiger partial charge is 0.369 e. The predicted octanol–water partition coefficient (Wildman–Crippen LogP) is 0.123. The summed E-state index contributed by atoms with van der Waals surface area (Å²) >= 11 is 0. The van der Waals surface area contributed by atoms with E-state index < -0.39 is 0 Å². The smallest absolute Gasteiger partial charge is 0.274 e. The topological polar surface area (TPSA) is 89.2 Å². The molecule has 0 saturated carbocycles. The third-order valence-electron chi connectivity index (χ3n) is 3.18. The molecule has 0 bridgehead atoms. The summed E-state index contributed by atoms with van der Waals surface area (Å²) in [4.78, 5) is 32.9. The summed E-state index contributed by atoms with van der Waals surface area (Å²) in [6.07, 6.45) is 4.31. The van der Waals surface area contributed by atoms with Gasteiger partial charge in [-0.15, -0.1) is 0 Å². The Labute approximate surface area is 105 Å². The third-order valence-corrected chi connectivity index (χ3v) is 3.18. The van der Waals surface area contributed by atoms with Gasteiger partial charge in [-0.3, -0.25) is 14.6 Å². The second-order valence-corrected chi connectivity index (χ2v) is 4.51. The molecule has 0 unspecified atom stereocenters. The number of nitrogens with two attached hydrogens (primary N) is 1. The van der Waals surface area contributed by atoms with Crippen LogP contribution in [0.2, 0.25) is 0 Å². The first kappa shape index (κ1) is 12.5. The number of carbonyl (C=O) groups is 2. The lowest BCUT2D eigenvalue weighted by molar-refractivity contribution is -0.123. The van der Waals surface area contributed by atoms with E-state index in [0.717, 1.165) is 5.69 Å². The molecule has 18 heavy (non-hydrogen) atoms. The molecule has 1 aromatic rings. The highest BCUT2D eigenvalue weighted by atomic mass is 16.2. The van der Waals surface area contributed by atoms with Gasteiger partial charge in [0, 0.05) is 25.2 Å². The molecule has 6 heteroatoms. The zero-order valence-electron chi connectivity index (χ0n) is 10.3. The Morgan fingerprint density at radius 2 is 1.94 bits per heavy atom. The van der Waals surface area contributed by atoms with Crippen molar-refractivity contribution in [1.29, 1.82) is 0 Å². The van der Waals surface area contributed by atoms with Crippen LogP contribution in [0.5, 0.6) is 0 Å². The zero-order valence-corrected chi connectivity index (χ0v) is 10.3. The molecule has 1 fully saturated rings. The van der Waals surface area contributed by atoms with Crippen LogP contribution in [0.4, 0.5) is 0 Å². The monoisotopic (exact) mass is 248 g/mol. The fourth-order valence-electron chi connectivity index (χ4n) is 2.03. The van der Waals surface area contributed by atoms with Crippen LogP contribution in [0.1, 0.15) is 29.0 Å². The van der Waals surface area contributed by atoms with Crippen molar-refractivity contribution in [1.82, 2.24) is 14.9 Å². The third kappa shape index (κ3) is 2.64. The number of nitrogens with zero attached hydrogens (tertiary/aromatic N) is 3. The van der Waals surface area contributed by atoms with Crippen LogP contribution in [0.3, 0.4) is 0 Å². The first-order valence-corrected chi connectivity index (χ1v) is 5.95. The van der Waals surface area contributed by atoms with E-state index in [9.17, 15) is 9.59 Å². The molecule has 0 aliphatic carbocycles. The van der Waals surface area contributed by atoms with Gasteiger partial charge in [0.05, 0.1) is 11.9 Å². The Morgan fingerprint density at radius 1 is 1.28 bits per heavy atom. The number of likely N-dealkylation sites (tertiary alicyclic amines) is 1. The molecule has 2 rings (SSSR count). The van der Waals surface area contributed by atoms with Crippen LogP contribution in [-0.2, 0) is 4.79 Å². The lowest BCUT2D eigenvalue weighted by atomic mass is 9.96. The van der Waals surface area contributed by atoms with Crippen molar-refractivity contribution in [2.24, 2.45) is 11.7 Å². The summed E-state index contributed by atoms with van der Waals surface area (Å²) < 4.78 is 0. The van der Waals surface area contributed by atoms with Crippen LogP contribution in [0, 0.1) is 12.8 Å². The van der Waals surface area contributed by atoms with Crippen molar-refractivity contribution in [3.63, 3.8) is 0 Å². The molecule has 1 aliphatic heterocycles. The van der Waals surface area contributed by atoms with Crippen LogP contribution >= 0.6 is 0 Å². The molecule has 0 atom stereocenters. The van der Waals surface area contributed by atoms with Gasteiger partial charge in [-0.05, 0) is 19.8 Å². The number of primary amides is 1. The van der Waals surface area contributed by atoms with E-state index >= 15 is 0 Å². The zero-order chi connectivity index (χ0) is 13.1. The van der Waals surface area contributed by atoms with Gasteiger partial charge in [-0.25, -0.2) is 4.98 Å². The van der Waals surface area contributed by atoms with Crippen LogP contribution < -0.4 is 5.73 Å². The number of carbonyl (C=O) groups excluding carboxylic acids is 2. The Morgan fingerprint density at radius 3 is 2.44 bits per heavy atom. The minimum absolute atomic E-state index is 0.113. The predicted molar refractivity (Wildman–Crippen MR) is 64.6 cm³/mol. The number of piperidine rings is 1. The Balaban J connectivity index is 1.99. The first-order chi connectivity index (χ1) is 8.58. The molecule has 1 aromatic heterocycles. The average molecular weight is 248 g/mol. The second-order valence-electron chi connectivity index (χ2n) is 4.51. The van der Waals surface area contributed by atoms with Crippen molar-refractivity contribution in [3.8, 4) is 0 Å². The summed E-state index contributed by atoms with van der Waals surface area (Å²) in [6.45, 7) is 2.91. The standard InChI is InChI=1S/C12H16N4O2/c1-8-6-15-10(7-14-8)12(18)16-4-2-9(3-5-16)11(13)17/h6-7,9H,2-5H2,1H3,(H2,13,17). The van der Waals surface area contributed by atoms with Crippen molar-refractivity contribution >= 4 is 11.8 Å². The minimum Gasteiger partial charge on any atom is -0.369 e. The maximum atomic E-state index is 12.1. The SMILES string of the molecule is Cc1cnc(C(=O)N2CCC(C(N)=O)CC2)cn1. The highest BCUT2D eigenvalue weighted by Gasteiger charge is 2.26. The van der Waals surface area contributed by atoms with E-state index in [-0.39, 0.29) is 17.7 Å². The molecule has 1 aliphatic rings. The van der Waals surface area contributed by atoms with Crippen molar-refractivity contribution < 1.29 is 9.59 Å². The van der Waals surface area contributed by atoms with Gasteiger partial charge in [0.25, 0.3) is 5.91 Å². The average Bonchev–Trinajstić information content (AvgIpc) is 2.39. The number of aryl methyl sites for hydroxylation is 1. The Hall–Kier alpha value is -1.98. The minimum atomic E-state index is -0.280. The van der Waals surface area contributed by atoms with Crippen LogP contribution in [0.25, 0.3) is 0 Å². The van der Waals surface area contributed by atoms with Crippen molar-refractivity contribution in [2.75, 3.05) is 13.1 Å². The maximum absolute atomic E-state index is 12.1. The molecular formula is C12H16N4O2. The lowest BCUT2D eigenvalue weighted by Gasteiger charge is -2.30. The van der Waals surface area contributed by atoms with Crippen molar-refractivity contribution in [3.05, 3.63) is 23.8 Å². The quantitative estimate of drug-likeness (QED) is 0.805. The Bertz CT molecular complexity index is 450. The van der Waals surface area contributed by atoms with Gasteiger partial charge < -0.3 is 10.6 Å². The van der Waals surface area contributed by atoms with Crippen LogP contribution in [0.15, 0.2) is 12.4 Å². The van der Waals surface area contributed by atoms with E-state index in [1.54, 1.807) is 11.1 Å². The Kier molecular flexibility index (Phi) is 3.55. The molecule has 2 amide bonds. The molecular weight excluding hydrogens is 232 g/mol. The fourth-order valence-corrected chi connectivity index (χ4v) is 2.03. The molecule has 2 heterocycles. The van der Waals surface area contributed by atoms with Gasteiger partial charge in [-0.2, -0.15) is 0 Å². The van der Waals surface area contributed by atoms with Gasteiger partial charge in [0.2, 0.25) is 5.91 Å². The molecule has 0 spiro atoms. The second kappa shape index (κ2) is 5.12. The number of aromatic nitrogens is 2. The number of hydrogen-bond donors (Lipinski definition) is 1. The molecule has 6 nitrogen and oxygen atoms in total. The summed E-state index contributed by atoms with van der Waals surface area (Å²) in [6, 6.07) is 0. The molecule has 96 valence electrons. The van der Waals surface area contributed by atoms with Gasteiger partial charge >= 0.3 is 0 Å². The molecule has 0 aromatic carbocycles. The molecule has 0 radical (unpaired) electrons. The van der Waals surface area contributed by atoms with Crippen molar-refractivity contribution in [2.45, 2.75) is 19.8 Å². The summed E-state index contributed by atoms with van der Waals surface area (Å²) in [5.41, 5.74) is 6.37. The van der Waals surface area contributed by atoms with E-state index in [1.165, 1.54) is 6.20 Å². The van der Waals surface area contributed by atoms with Crippen LogP contribution in [-0.4, -0.2) is 39.8 Å². The highest BCUT2D eigenvalue weighted by molar-refractivity contribution is 5.92. The number of rotatable bonds is 2. The van der Waals surface area contributed by atoms with E-state index in [2.05, 4.69) is 9.97 Å². The first-order valence-electron chi connectivity index (χ1n) is 5.95. The number of amides is 2. The van der Waals surface area contributed by atoms with Gasteiger partial charge in [0.1, 0.15) is 5.69 Å².